The van der Waals surface area contributed by atoms with Crippen LogP contribution in [0.4, 0.5) is 0 Å². The van der Waals surface area contributed by atoms with Crippen molar-refractivity contribution in [3.63, 3.8) is 0 Å². The molecule has 0 spiro atoms. The van der Waals surface area contributed by atoms with Crippen molar-refractivity contribution >= 4 is 0 Å². The number of benzene rings is 1. The maximum Gasteiger partial charge on any atom is 0.0932 e. The van der Waals surface area contributed by atoms with Gasteiger partial charge in [-0.2, -0.15) is 0 Å². The van der Waals surface area contributed by atoms with Gasteiger partial charge in [0.25, 0.3) is 0 Å². The van der Waals surface area contributed by atoms with Gasteiger partial charge in [-0.3, -0.25) is 4.84 Å². The predicted octanol–water partition coefficient (Wildman–Crippen LogP) is 2.26. The molecular weight excluding hydrogens is 162 g/mol. The van der Waals surface area contributed by atoms with Crippen LogP contribution in [0, 0.1) is 6.92 Å². The van der Waals surface area contributed by atoms with E-state index in [9.17, 15) is 0 Å². The van der Waals surface area contributed by atoms with E-state index in [2.05, 4.69) is 25.1 Å². The summed E-state index contributed by atoms with van der Waals surface area (Å²) >= 11 is 0. The van der Waals surface area contributed by atoms with Gasteiger partial charge in [0.05, 0.1) is 6.61 Å². The zero-order chi connectivity index (χ0) is 9.26. The molecule has 0 heterocycles. The summed E-state index contributed by atoms with van der Waals surface area (Å²) in [5.74, 6) is 5.87. The van der Waals surface area contributed by atoms with Crippen LogP contribution in [0.2, 0.25) is 0 Å². The molecule has 1 aromatic rings. The Morgan fingerprint density at radius 3 is 2.85 bits per heavy atom. The molecule has 0 aromatic heterocycles. The molecule has 0 aliphatic heterocycles. The van der Waals surface area contributed by atoms with E-state index < -0.39 is 0 Å². The van der Waals surface area contributed by atoms with Gasteiger partial charge in [-0.15, -0.1) is 0 Å². The monoisotopic (exact) mass is 177 g/mol. The standard InChI is InChI=1S/C11H15NO/c1-8-2-5-11(9-3-4-9)10(6-8)7-13-12/h2,5-6,9H,3-4,7,12H2,1H3. The van der Waals surface area contributed by atoms with Crippen LogP contribution in [0.3, 0.4) is 0 Å². The average molecular weight is 177 g/mol. The molecule has 0 saturated heterocycles. The first-order chi connectivity index (χ1) is 6.31. The molecule has 0 radical (unpaired) electrons. The molecule has 0 unspecified atom stereocenters. The van der Waals surface area contributed by atoms with Gasteiger partial charge in [-0.05, 0) is 36.8 Å². The Bertz CT molecular complexity index is 305. The zero-order valence-corrected chi connectivity index (χ0v) is 7.92. The second-order valence-electron chi connectivity index (χ2n) is 3.79. The molecule has 1 fully saturated rings. The molecule has 1 aliphatic rings. The SMILES string of the molecule is Cc1ccc(C2CC2)c(CON)c1. The number of rotatable bonds is 3. The highest BCUT2D eigenvalue weighted by atomic mass is 16.6. The molecule has 2 heteroatoms. The Labute approximate surface area is 78.7 Å². The van der Waals surface area contributed by atoms with Crippen molar-refractivity contribution in [3.8, 4) is 0 Å². The van der Waals surface area contributed by atoms with Gasteiger partial charge in [0, 0.05) is 0 Å². The van der Waals surface area contributed by atoms with Crippen molar-refractivity contribution in [3.05, 3.63) is 34.9 Å². The van der Waals surface area contributed by atoms with Crippen LogP contribution in [0.5, 0.6) is 0 Å². The molecule has 2 rings (SSSR count). The molecule has 0 amide bonds. The van der Waals surface area contributed by atoms with E-state index in [0.29, 0.717) is 6.61 Å². The van der Waals surface area contributed by atoms with Gasteiger partial charge in [0.15, 0.2) is 0 Å². The van der Waals surface area contributed by atoms with Crippen LogP contribution < -0.4 is 5.90 Å². The molecule has 2 N–H and O–H groups in total. The van der Waals surface area contributed by atoms with E-state index in [1.807, 2.05) is 0 Å². The van der Waals surface area contributed by atoms with Gasteiger partial charge < -0.3 is 0 Å². The second kappa shape index (κ2) is 3.48. The van der Waals surface area contributed by atoms with Gasteiger partial charge >= 0.3 is 0 Å². The lowest BCUT2D eigenvalue weighted by Gasteiger charge is -2.08. The summed E-state index contributed by atoms with van der Waals surface area (Å²) in [7, 11) is 0. The first kappa shape index (κ1) is 8.73. The fraction of sp³-hybridized carbons (Fsp3) is 0.455. The minimum absolute atomic E-state index is 0.535. The van der Waals surface area contributed by atoms with Crippen LogP contribution in [0.25, 0.3) is 0 Å². The highest BCUT2D eigenvalue weighted by molar-refractivity contribution is 5.35. The molecule has 1 aromatic carbocycles. The Morgan fingerprint density at radius 2 is 2.23 bits per heavy atom. The predicted molar refractivity (Wildman–Crippen MR) is 52.1 cm³/mol. The Balaban J connectivity index is 2.30. The van der Waals surface area contributed by atoms with Crippen molar-refractivity contribution in [1.82, 2.24) is 0 Å². The average Bonchev–Trinajstić information content (AvgIpc) is 2.88. The summed E-state index contributed by atoms with van der Waals surface area (Å²) in [5, 5.41) is 0. The third-order valence-corrected chi connectivity index (χ3v) is 2.55. The molecule has 1 aliphatic carbocycles. The summed E-state index contributed by atoms with van der Waals surface area (Å²) in [6.07, 6.45) is 2.64. The van der Waals surface area contributed by atoms with Gasteiger partial charge in [0.2, 0.25) is 0 Å². The molecule has 0 atom stereocenters. The highest BCUT2D eigenvalue weighted by Crippen LogP contribution is 2.41. The molecule has 2 nitrogen and oxygen atoms in total. The van der Waals surface area contributed by atoms with E-state index in [4.69, 9.17) is 10.7 Å². The normalized spacial score (nSPS) is 16.2. The third-order valence-electron chi connectivity index (χ3n) is 2.55. The summed E-state index contributed by atoms with van der Waals surface area (Å²) in [5.41, 5.74) is 3.96. The molecule has 1 saturated carbocycles. The lowest BCUT2D eigenvalue weighted by atomic mass is 10.0. The van der Waals surface area contributed by atoms with Crippen LogP contribution in [0.15, 0.2) is 18.2 Å². The maximum atomic E-state index is 5.10. The Morgan fingerprint density at radius 1 is 1.46 bits per heavy atom. The van der Waals surface area contributed by atoms with Gasteiger partial charge in [-0.25, -0.2) is 5.90 Å². The van der Waals surface area contributed by atoms with Crippen LogP contribution in [-0.4, -0.2) is 0 Å². The van der Waals surface area contributed by atoms with Crippen molar-refractivity contribution in [2.45, 2.75) is 32.3 Å². The third kappa shape index (κ3) is 1.90. The lowest BCUT2D eigenvalue weighted by Crippen LogP contribution is -2.02. The van der Waals surface area contributed by atoms with Gasteiger partial charge in [0.1, 0.15) is 0 Å². The van der Waals surface area contributed by atoms with Crippen molar-refractivity contribution < 1.29 is 4.84 Å². The van der Waals surface area contributed by atoms with Crippen LogP contribution in [-0.2, 0) is 11.4 Å². The second-order valence-corrected chi connectivity index (χ2v) is 3.79. The largest absolute Gasteiger partial charge is 0.300 e. The Kier molecular flexibility index (Phi) is 2.34. The van der Waals surface area contributed by atoms with E-state index >= 15 is 0 Å². The molecule has 0 bridgehead atoms. The minimum Gasteiger partial charge on any atom is -0.300 e. The Hall–Kier alpha value is -0.860. The zero-order valence-electron chi connectivity index (χ0n) is 7.92. The highest BCUT2D eigenvalue weighted by Gasteiger charge is 2.25. The number of aryl methyl sites for hydroxylation is 1. The number of nitrogens with two attached hydrogens (primary N) is 1. The fourth-order valence-corrected chi connectivity index (χ4v) is 1.74. The first-order valence-corrected chi connectivity index (χ1v) is 4.72. The summed E-state index contributed by atoms with van der Waals surface area (Å²) < 4.78 is 0. The summed E-state index contributed by atoms with van der Waals surface area (Å²) in [6.45, 7) is 2.63. The van der Waals surface area contributed by atoms with Crippen molar-refractivity contribution in [1.29, 1.82) is 0 Å². The van der Waals surface area contributed by atoms with E-state index in [0.717, 1.165) is 5.92 Å². The van der Waals surface area contributed by atoms with Gasteiger partial charge in [-0.1, -0.05) is 23.8 Å². The molecule has 70 valence electrons. The van der Waals surface area contributed by atoms with Crippen molar-refractivity contribution in [2.24, 2.45) is 5.90 Å². The number of hydrogen-bond donors (Lipinski definition) is 1. The fourth-order valence-electron chi connectivity index (χ4n) is 1.74. The molecular formula is C11H15NO. The minimum atomic E-state index is 0.535. The van der Waals surface area contributed by atoms with Crippen LogP contribution in [0.1, 0.15) is 35.4 Å². The van der Waals surface area contributed by atoms with E-state index in [1.165, 1.54) is 29.5 Å². The van der Waals surface area contributed by atoms with E-state index in [1.54, 1.807) is 0 Å². The van der Waals surface area contributed by atoms with E-state index in [-0.39, 0.29) is 0 Å². The van der Waals surface area contributed by atoms with Crippen LogP contribution >= 0.6 is 0 Å². The lowest BCUT2D eigenvalue weighted by molar-refractivity contribution is 0.123. The maximum absolute atomic E-state index is 5.10. The van der Waals surface area contributed by atoms with Crippen molar-refractivity contribution in [2.75, 3.05) is 0 Å². The smallest absolute Gasteiger partial charge is 0.0932 e. The summed E-state index contributed by atoms with van der Waals surface area (Å²) in [6, 6.07) is 6.54. The quantitative estimate of drug-likeness (QED) is 0.719. The number of hydrogen-bond acceptors (Lipinski definition) is 2. The first-order valence-electron chi connectivity index (χ1n) is 4.72. The topological polar surface area (TPSA) is 35.2 Å². The summed E-state index contributed by atoms with van der Waals surface area (Å²) in [4.78, 5) is 4.70. The molecule has 13 heavy (non-hydrogen) atoms.